The highest BCUT2D eigenvalue weighted by molar-refractivity contribution is 7.10. The molecule has 2 aromatic rings. The van der Waals surface area contributed by atoms with Gasteiger partial charge in [-0.1, -0.05) is 0 Å². The Morgan fingerprint density at radius 1 is 1.20 bits per heavy atom. The molecule has 0 amide bonds. The van der Waals surface area contributed by atoms with Crippen molar-refractivity contribution >= 4 is 11.3 Å². The van der Waals surface area contributed by atoms with E-state index in [1.165, 1.54) is 16.0 Å². The van der Waals surface area contributed by atoms with Crippen LogP contribution in [0.25, 0.3) is 0 Å². The first-order valence-electron chi connectivity index (χ1n) is 7.07. The summed E-state index contributed by atoms with van der Waals surface area (Å²) in [6.45, 7) is 6.36. The first kappa shape index (κ1) is 15.2. The average Bonchev–Trinajstić information content (AvgIpc) is 2.88. The van der Waals surface area contributed by atoms with E-state index < -0.39 is 0 Å². The van der Waals surface area contributed by atoms with Gasteiger partial charge in [-0.15, -0.1) is 11.3 Å². The maximum absolute atomic E-state index is 4.04. The maximum Gasteiger partial charge on any atom is 0.0302 e. The molecule has 0 aliphatic carbocycles. The van der Waals surface area contributed by atoms with Crippen LogP contribution in [0.1, 0.15) is 16.0 Å². The number of likely N-dealkylation sites (N-methyl/N-ethyl adjacent to an activating group) is 1. The van der Waals surface area contributed by atoms with Gasteiger partial charge in [-0.3, -0.25) is 4.98 Å². The van der Waals surface area contributed by atoms with E-state index in [2.05, 4.69) is 52.8 Å². The van der Waals surface area contributed by atoms with Crippen LogP contribution < -0.4 is 5.32 Å². The molecule has 0 radical (unpaired) electrons. The minimum Gasteiger partial charge on any atom is -0.311 e. The zero-order valence-electron chi connectivity index (χ0n) is 12.3. The number of aryl methyl sites for hydroxylation is 1. The van der Waals surface area contributed by atoms with Gasteiger partial charge in [-0.25, -0.2) is 0 Å². The standard InChI is InChI=1S/C16H23N3S/c1-14-6-12-20-16(14)13-18-9-11-19(2)10-5-15-3-7-17-8-4-15/h3-4,6-8,12,18H,5,9-11,13H2,1-2H3. The number of thiophene rings is 1. The van der Waals surface area contributed by atoms with Gasteiger partial charge in [0.25, 0.3) is 0 Å². The van der Waals surface area contributed by atoms with Crippen molar-refractivity contribution in [1.29, 1.82) is 0 Å². The third-order valence-corrected chi connectivity index (χ3v) is 4.48. The highest BCUT2D eigenvalue weighted by Crippen LogP contribution is 2.14. The SMILES string of the molecule is Cc1ccsc1CNCCN(C)CCc1ccncc1. The summed E-state index contributed by atoms with van der Waals surface area (Å²) < 4.78 is 0. The van der Waals surface area contributed by atoms with E-state index in [1.54, 1.807) is 0 Å². The quantitative estimate of drug-likeness (QED) is 0.757. The van der Waals surface area contributed by atoms with Gasteiger partial charge in [-0.05, 0) is 55.1 Å². The minimum absolute atomic E-state index is 0.988. The summed E-state index contributed by atoms with van der Waals surface area (Å²) in [5.41, 5.74) is 2.75. The molecule has 108 valence electrons. The Morgan fingerprint density at radius 2 is 2.00 bits per heavy atom. The van der Waals surface area contributed by atoms with Gasteiger partial charge in [0.1, 0.15) is 0 Å². The first-order chi connectivity index (χ1) is 9.75. The summed E-state index contributed by atoms with van der Waals surface area (Å²) >= 11 is 1.83. The predicted molar refractivity (Wildman–Crippen MR) is 86.2 cm³/mol. The molecule has 0 atom stereocenters. The smallest absolute Gasteiger partial charge is 0.0302 e. The van der Waals surface area contributed by atoms with Crippen molar-refractivity contribution in [2.45, 2.75) is 19.9 Å². The van der Waals surface area contributed by atoms with Crippen molar-refractivity contribution in [3.63, 3.8) is 0 Å². The number of nitrogens with one attached hydrogen (secondary N) is 1. The van der Waals surface area contributed by atoms with E-state index in [-0.39, 0.29) is 0 Å². The largest absolute Gasteiger partial charge is 0.311 e. The van der Waals surface area contributed by atoms with Crippen LogP contribution in [0.5, 0.6) is 0 Å². The Hall–Kier alpha value is -1.23. The highest BCUT2D eigenvalue weighted by Gasteiger charge is 2.01. The van der Waals surface area contributed by atoms with Gasteiger partial charge in [-0.2, -0.15) is 0 Å². The van der Waals surface area contributed by atoms with Crippen molar-refractivity contribution in [2.24, 2.45) is 0 Å². The fourth-order valence-corrected chi connectivity index (χ4v) is 2.91. The molecule has 20 heavy (non-hydrogen) atoms. The predicted octanol–water partition coefficient (Wildman–Crippen LogP) is 2.72. The molecule has 3 nitrogen and oxygen atoms in total. The Bertz CT molecular complexity index is 495. The summed E-state index contributed by atoms with van der Waals surface area (Å²) in [6, 6.07) is 6.36. The molecule has 4 heteroatoms. The van der Waals surface area contributed by atoms with Gasteiger partial charge in [0.05, 0.1) is 0 Å². The van der Waals surface area contributed by atoms with Gasteiger partial charge >= 0.3 is 0 Å². The van der Waals surface area contributed by atoms with Crippen LogP contribution in [0, 0.1) is 6.92 Å². The summed E-state index contributed by atoms with van der Waals surface area (Å²) in [5.74, 6) is 0. The van der Waals surface area contributed by atoms with Crippen LogP contribution in [0.2, 0.25) is 0 Å². The van der Waals surface area contributed by atoms with Gasteiger partial charge < -0.3 is 10.2 Å². The fraction of sp³-hybridized carbons (Fsp3) is 0.438. The minimum atomic E-state index is 0.988. The second-order valence-corrected chi connectivity index (χ2v) is 6.11. The monoisotopic (exact) mass is 289 g/mol. The lowest BCUT2D eigenvalue weighted by Gasteiger charge is -2.16. The average molecular weight is 289 g/mol. The Morgan fingerprint density at radius 3 is 2.70 bits per heavy atom. The molecule has 2 rings (SSSR count). The molecule has 0 aliphatic rings. The van der Waals surface area contributed by atoms with Gasteiger partial charge in [0.15, 0.2) is 0 Å². The topological polar surface area (TPSA) is 28.2 Å². The number of hydrogen-bond donors (Lipinski definition) is 1. The number of pyridine rings is 1. The molecule has 2 heterocycles. The molecule has 0 aromatic carbocycles. The molecule has 0 bridgehead atoms. The fourth-order valence-electron chi connectivity index (χ4n) is 2.04. The van der Waals surface area contributed by atoms with Crippen molar-refractivity contribution in [3.05, 3.63) is 52.0 Å². The molecule has 0 unspecified atom stereocenters. The molecular formula is C16H23N3S. The second-order valence-electron chi connectivity index (χ2n) is 5.11. The summed E-state index contributed by atoms with van der Waals surface area (Å²) in [5, 5.41) is 5.68. The second kappa shape index (κ2) is 8.15. The molecule has 1 N–H and O–H groups in total. The summed E-state index contributed by atoms with van der Waals surface area (Å²) in [7, 11) is 2.18. The molecule has 0 saturated carbocycles. The maximum atomic E-state index is 4.04. The molecule has 0 fully saturated rings. The van der Waals surface area contributed by atoms with Gasteiger partial charge in [0, 0.05) is 43.4 Å². The lowest BCUT2D eigenvalue weighted by Crippen LogP contribution is -2.30. The summed E-state index contributed by atoms with van der Waals surface area (Å²) in [4.78, 5) is 7.86. The zero-order valence-corrected chi connectivity index (χ0v) is 13.1. The Balaban J connectivity index is 1.58. The first-order valence-corrected chi connectivity index (χ1v) is 7.95. The third-order valence-electron chi connectivity index (χ3n) is 3.46. The normalized spacial score (nSPS) is 11.2. The molecular weight excluding hydrogens is 266 g/mol. The van der Waals surface area contributed by atoms with Gasteiger partial charge in [0.2, 0.25) is 0 Å². The van der Waals surface area contributed by atoms with Crippen LogP contribution in [-0.4, -0.2) is 36.6 Å². The molecule has 2 aromatic heterocycles. The Labute approximate surface area is 125 Å². The van der Waals surface area contributed by atoms with Crippen molar-refractivity contribution in [2.75, 3.05) is 26.7 Å². The number of rotatable bonds is 8. The van der Waals surface area contributed by atoms with E-state index in [9.17, 15) is 0 Å². The van der Waals surface area contributed by atoms with Crippen molar-refractivity contribution < 1.29 is 0 Å². The lowest BCUT2D eigenvalue weighted by molar-refractivity contribution is 0.335. The van der Waals surface area contributed by atoms with Crippen molar-refractivity contribution in [3.8, 4) is 0 Å². The van der Waals surface area contributed by atoms with E-state index in [1.807, 2.05) is 23.7 Å². The van der Waals surface area contributed by atoms with E-state index >= 15 is 0 Å². The summed E-state index contributed by atoms with van der Waals surface area (Å²) in [6.07, 6.45) is 4.81. The lowest BCUT2D eigenvalue weighted by atomic mass is 10.2. The molecule has 0 spiro atoms. The van der Waals surface area contributed by atoms with E-state index in [0.29, 0.717) is 0 Å². The molecule has 0 saturated heterocycles. The van der Waals surface area contributed by atoms with Crippen LogP contribution in [-0.2, 0) is 13.0 Å². The highest BCUT2D eigenvalue weighted by atomic mass is 32.1. The van der Waals surface area contributed by atoms with Crippen LogP contribution in [0.3, 0.4) is 0 Å². The number of nitrogens with zero attached hydrogens (tertiary/aromatic N) is 2. The zero-order chi connectivity index (χ0) is 14.2. The molecule has 0 aliphatic heterocycles. The number of aromatic nitrogens is 1. The van der Waals surface area contributed by atoms with E-state index in [4.69, 9.17) is 0 Å². The van der Waals surface area contributed by atoms with E-state index in [0.717, 1.165) is 32.6 Å². The Kier molecular flexibility index (Phi) is 6.18. The van der Waals surface area contributed by atoms with Crippen LogP contribution in [0.15, 0.2) is 36.0 Å². The number of hydrogen-bond acceptors (Lipinski definition) is 4. The van der Waals surface area contributed by atoms with Crippen molar-refractivity contribution in [1.82, 2.24) is 15.2 Å². The van der Waals surface area contributed by atoms with Crippen LogP contribution in [0.4, 0.5) is 0 Å². The van der Waals surface area contributed by atoms with Crippen LogP contribution >= 0.6 is 11.3 Å². The third kappa shape index (κ3) is 5.04.